The van der Waals surface area contributed by atoms with Gasteiger partial charge in [0.1, 0.15) is 0 Å². The number of rotatable bonds is 6. The topological polar surface area (TPSA) is 36.2 Å². The highest BCUT2D eigenvalue weighted by atomic mass is 14.7. The van der Waals surface area contributed by atoms with Crippen molar-refractivity contribution >= 4 is 71.5 Å². The number of aliphatic imine (C=N–C) groups is 1. The molecule has 0 saturated heterocycles. The van der Waals surface area contributed by atoms with E-state index < -0.39 is 0 Å². The third-order valence-electron chi connectivity index (χ3n) is 9.77. The number of hydrogen-bond acceptors (Lipinski definition) is 2. The first-order chi connectivity index (χ1) is 24.7. The molecule has 0 aromatic heterocycles. The summed E-state index contributed by atoms with van der Waals surface area (Å²) in [6.45, 7) is 0. The number of benzene rings is 9. The summed E-state index contributed by atoms with van der Waals surface area (Å²) in [7, 11) is 0. The monoisotopic (exact) mass is 636 g/mol. The van der Waals surface area contributed by atoms with Gasteiger partial charge in [0.2, 0.25) is 0 Å². The van der Waals surface area contributed by atoms with Crippen LogP contribution in [0.2, 0.25) is 0 Å². The molecule has 234 valence electrons. The predicted octanol–water partition coefficient (Wildman–Crippen LogP) is 12.6. The predicted molar refractivity (Wildman–Crippen MR) is 215 cm³/mol. The fraction of sp³-hybridized carbons (Fsp3) is 0. The van der Waals surface area contributed by atoms with E-state index in [4.69, 9.17) is 4.99 Å². The molecule has 9 aromatic carbocycles. The highest BCUT2D eigenvalue weighted by molar-refractivity contribution is 6.21. The van der Waals surface area contributed by atoms with Crippen LogP contribution in [-0.4, -0.2) is 11.9 Å². The van der Waals surface area contributed by atoms with Gasteiger partial charge >= 0.3 is 0 Å². The molecule has 0 saturated carbocycles. The quantitative estimate of drug-likeness (QED) is 0.107. The van der Waals surface area contributed by atoms with Crippen molar-refractivity contribution in [2.75, 3.05) is 0 Å². The first kappa shape index (κ1) is 29.5. The van der Waals surface area contributed by atoms with Gasteiger partial charge < -0.3 is 5.41 Å². The van der Waals surface area contributed by atoms with Gasteiger partial charge in [-0.3, -0.25) is 4.99 Å². The Balaban J connectivity index is 1.25. The first-order valence-electron chi connectivity index (χ1n) is 17.0. The highest BCUT2D eigenvalue weighted by Gasteiger charge is 2.13. The van der Waals surface area contributed by atoms with Crippen molar-refractivity contribution in [2.24, 2.45) is 4.99 Å². The molecule has 0 unspecified atom stereocenters. The zero-order valence-corrected chi connectivity index (χ0v) is 27.3. The maximum absolute atomic E-state index is 9.34. The van der Waals surface area contributed by atoms with E-state index in [1.54, 1.807) is 0 Å². The van der Waals surface area contributed by atoms with Gasteiger partial charge in [0.25, 0.3) is 0 Å². The van der Waals surface area contributed by atoms with E-state index in [0.29, 0.717) is 5.71 Å². The second-order valence-electron chi connectivity index (χ2n) is 12.7. The number of allylic oxidation sites excluding steroid dienone is 1. The van der Waals surface area contributed by atoms with Crippen molar-refractivity contribution < 1.29 is 0 Å². The van der Waals surface area contributed by atoms with Crippen LogP contribution in [-0.2, 0) is 0 Å². The molecule has 9 rings (SSSR count). The number of nitrogens with one attached hydrogen (secondary N) is 1. The van der Waals surface area contributed by atoms with Crippen LogP contribution in [0.4, 0.5) is 0 Å². The third-order valence-corrected chi connectivity index (χ3v) is 9.77. The lowest BCUT2D eigenvalue weighted by Crippen LogP contribution is -1.98. The first-order valence-corrected chi connectivity index (χ1v) is 17.0. The van der Waals surface area contributed by atoms with Crippen LogP contribution in [0.25, 0.3) is 70.7 Å². The van der Waals surface area contributed by atoms with Crippen LogP contribution < -0.4 is 0 Å². The van der Waals surface area contributed by atoms with E-state index in [1.807, 2.05) is 42.6 Å². The zero-order valence-electron chi connectivity index (χ0n) is 27.3. The minimum atomic E-state index is 0.405. The molecular formula is C48H32N2. The Labute approximate surface area is 290 Å². The summed E-state index contributed by atoms with van der Waals surface area (Å²) in [5, 5.41) is 21.1. The lowest BCUT2D eigenvalue weighted by Gasteiger charge is -2.13. The Hall–Kier alpha value is -6.64. The lowest BCUT2D eigenvalue weighted by atomic mass is 9.93. The van der Waals surface area contributed by atoms with Crippen LogP contribution >= 0.6 is 0 Å². The molecule has 2 heteroatoms. The average molecular weight is 637 g/mol. The summed E-state index contributed by atoms with van der Waals surface area (Å²) >= 11 is 0. The summed E-state index contributed by atoms with van der Waals surface area (Å²) in [5.41, 5.74) is 6.33. The number of fused-ring (bicyclic) bond motifs is 7. The van der Waals surface area contributed by atoms with E-state index in [9.17, 15) is 5.41 Å². The summed E-state index contributed by atoms with van der Waals surface area (Å²) in [6, 6.07) is 61.7. The minimum Gasteiger partial charge on any atom is -0.300 e. The van der Waals surface area contributed by atoms with Crippen molar-refractivity contribution in [1.82, 2.24) is 0 Å². The molecule has 50 heavy (non-hydrogen) atoms. The maximum atomic E-state index is 9.34. The molecule has 0 spiro atoms. The Kier molecular flexibility index (Phi) is 7.33. The van der Waals surface area contributed by atoms with Crippen LogP contribution in [0.3, 0.4) is 0 Å². The van der Waals surface area contributed by atoms with Crippen LogP contribution in [0.1, 0.15) is 16.7 Å². The summed E-state index contributed by atoms with van der Waals surface area (Å²) in [4.78, 5) is 5.33. The molecule has 0 aliphatic carbocycles. The molecule has 0 heterocycles. The van der Waals surface area contributed by atoms with Gasteiger partial charge in [0, 0.05) is 17.3 Å². The van der Waals surface area contributed by atoms with Crippen molar-refractivity contribution in [3.8, 4) is 11.1 Å². The minimum absolute atomic E-state index is 0.405. The average Bonchev–Trinajstić information content (AvgIpc) is 3.19. The summed E-state index contributed by atoms with van der Waals surface area (Å²) < 4.78 is 0. The summed E-state index contributed by atoms with van der Waals surface area (Å²) in [5.74, 6) is 0. The van der Waals surface area contributed by atoms with Crippen molar-refractivity contribution in [2.45, 2.75) is 0 Å². The molecule has 1 N–H and O–H groups in total. The number of hydrogen-bond donors (Lipinski definition) is 1. The van der Waals surface area contributed by atoms with E-state index in [1.165, 1.54) is 32.3 Å². The van der Waals surface area contributed by atoms with Gasteiger partial charge in [0.05, 0.1) is 11.4 Å². The van der Waals surface area contributed by atoms with E-state index in [2.05, 4.69) is 146 Å². The van der Waals surface area contributed by atoms with Crippen molar-refractivity contribution in [1.29, 1.82) is 5.41 Å². The lowest BCUT2D eigenvalue weighted by molar-refractivity contribution is 1.48. The standard InChI is InChI=1S/C48H32N2/c49-46(36-24-21-33(22-25-36)32-11-2-1-3-12-32)30-47(43-20-10-16-37-26-23-35-14-5-9-19-41(35)48(37)43)50-31-45-40-18-8-6-15-38(40)29-44-39-17-7-4-13-34(39)27-28-42(44)45/h1-31,49H/b47-30-,49-46?,50-31?. The van der Waals surface area contributed by atoms with Gasteiger partial charge in [-0.1, -0.05) is 170 Å². The highest BCUT2D eigenvalue weighted by Crippen LogP contribution is 2.35. The van der Waals surface area contributed by atoms with Gasteiger partial charge in [-0.2, -0.15) is 0 Å². The summed E-state index contributed by atoms with van der Waals surface area (Å²) in [6.07, 6.45) is 3.94. The molecule has 0 aliphatic rings. The van der Waals surface area contributed by atoms with Gasteiger partial charge in [-0.05, 0) is 82.7 Å². The van der Waals surface area contributed by atoms with Gasteiger partial charge in [-0.25, -0.2) is 0 Å². The van der Waals surface area contributed by atoms with Gasteiger partial charge in [0.15, 0.2) is 0 Å². The van der Waals surface area contributed by atoms with Crippen molar-refractivity contribution in [3.05, 3.63) is 199 Å². The van der Waals surface area contributed by atoms with Crippen LogP contribution in [0.15, 0.2) is 187 Å². The third kappa shape index (κ3) is 5.24. The molecule has 0 atom stereocenters. The van der Waals surface area contributed by atoms with Crippen LogP contribution in [0.5, 0.6) is 0 Å². The normalized spacial score (nSPS) is 12.1. The number of nitrogens with zero attached hydrogens (tertiary/aromatic N) is 1. The molecule has 0 radical (unpaired) electrons. The Morgan fingerprint density at radius 2 is 1.04 bits per heavy atom. The molecule has 0 fully saturated rings. The van der Waals surface area contributed by atoms with Crippen LogP contribution in [0, 0.1) is 5.41 Å². The molecule has 0 amide bonds. The maximum Gasteiger partial charge on any atom is 0.0730 e. The van der Waals surface area contributed by atoms with E-state index >= 15 is 0 Å². The zero-order chi connectivity index (χ0) is 33.4. The second kappa shape index (κ2) is 12.4. The SMILES string of the molecule is N=C(/C=C(\N=Cc1c2ccccc2cc2c1ccc1ccccc12)c1cccc2ccc3ccccc3c12)c1ccc(-c2ccccc2)cc1. The molecule has 9 aromatic rings. The molecule has 0 bridgehead atoms. The fourth-order valence-corrected chi connectivity index (χ4v) is 7.28. The Bertz CT molecular complexity index is 2810. The Morgan fingerprint density at radius 1 is 0.440 bits per heavy atom. The molecular weight excluding hydrogens is 605 g/mol. The largest absolute Gasteiger partial charge is 0.300 e. The fourth-order valence-electron chi connectivity index (χ4n) is 7.28. The smallest absolute Gasteiger partial charge is 0.0730 e. The Morgan fingerprint density at radius 3 is 1.84 bits per heavy atom. The van der Waals surface area contributed by atoms with Gasteiger partial charge in [-0.15, -0.1) is 0 Å². The van der Waals surface area contributed by atoms with E-state index in [-0.39, 0.29) is 0 Å². The molecule has 0 aliphatic heterocycles. The van der Waals surface area contributed by atoms with Crippen molar-refractivity contribution in [3.63, 3.8) is 0 Å². The molecule has 2 nitrogen and oxygen atoms in total. The second-order valence-corrected chi connectivity index (χ2v) is 12.7. The van der Waals surface area contributed by atoms with E-state index in [0.717, 1.165) is 55.1 Å².